The van der Waals surface area contributed by atoms with E-state index in [0.717, 1.165) is 19.3 Å². The number of carbonyl (C=O) groups is 3. The predicted molar refractivity (Wildman–Crippen MR) is 58.2 cm³/mol. The lowest BCUT2D eigenvalue weighted by atomic mass is 10.1. The van der Waals surface area contributed by atoms with Crippen molar-refractivity contribution >= 4 is 17.7 Å². The van der Waals surface area contributed by atoms with Gasteiger partial charge < -0.3 is 5.73 Å². The topological polar surface area (TPSA) is 80.5 Å². The Morgan fingerprint density at radius 3 is 2.56 bits per heavy atom. The van der Waals surface area contributed by atoms with Crippen LogP contribution in [0.1, 0.15) is 39.0 Å². The minimum absolute atomic E-state index is 0.0695. The number of primary amides is 1. The quantitative estimate of drug-likeness (QED) is 0.526. The molecule has 1 fully saturated rings. The molecule has 5 nitrogen and oxygen atoms in total. The van der Waals surface area contributed by atoms with Crippen molar-refractivity contribution in [1.29, 1.82) is 0 Å². The van der Waals surface area contributed by atoms with Crippen LogP contribution in [0.4, 0.5) is 0 Å². The number of nitrogens with two attached hydrogens (primary N) is 1. The second-order valence-electron chi connectivity index (χ2n) is 4.27. The van der Waals surface area contributed by atoms with Gasteiger partial charge in [-0.25, -0.2) is 0 Å². The average Bonchev–Trinajstić information content (AvgIpc) is 2.43. The van der Waals surface area contributed by atoms with Crippen LogP contribution in [0, 0.1) is 5.92 Å². The predicted octanol–water partition coefficient (Wildman–Crippen LogP) is 0.427. The van der Waals surface area contributed by atoms with Gasteiger partial charge in [0.1, 0.15) is 0 Å². The molecule has 1 unspecified atom stereocenters. The van der Waals surface area contributed by atoms with E-state index < -0.39 is 0 Å². The van der Waals surface area contributed by atoms with Gasteiger partial charge in [-0.2, -0.15) is 0 Å². The number of hydrogen-bond donors (Lipinski definition) is 1. The number of carbonyl (C=O) groups excluding carboxylic acids is 3. The monoisotopic (exact) mass is 226 g/mol. The Morgan fingerprint density at radius 1 is 1.38 bits per heavy atom. The molecule has 0 bridgehead atoms. The second-order valence-corrected chi connectivity index (χ2v) is 4.27. The van der Waals surface area contributed by atoms with Crippen molar-refractivity contribution < 1.29 is 14.4 Å². The molecule has 0 radical (unpaired) electrons. The Kier molecular flexibility index (Phi) is 4.46. The normalized spacial score (nSPS) is 20.6. The van der Waals surface area contributed by atoms with Crippen molar-refractivity contribution in [3.05, 3.63) is 0 Å². The summed E-state index contributed by atoms with van der Waals surface area (Å²) in [5.41, 5.74) is 5.00. The zero-order valence-corrected chi connectivity index (χ0v) is 9.57. The van der Waals surface area contributed by atoms with Gasteiger partial charge >= 0.3 is 0 Å². The highest BCUT2D eigenvalue weighted by Gasteiger charge is 2.34. The van der Waals surface area contributed by atoms with Gasteiger partial charge in [0, 0.05) is 25.3 Å². The fraction of sp³-hybridized carbons (Fsp3) is 0.727. The maximum Gasteiger partial charge on any atom is 0.232 e. The van der Waals surface area contributed by atoms with Crippen molar-refractivity contribution in [2.24, 2.45) is 11.7 Å². The van der Waals surface area contributed by atoms with Crippen LogP contribution in [0.5, 0.6) is 0 Å². The Morgan fingerprint density at radius 2 is 2.06 bits per heavy atom. The lowest BCUT2D eigenvalue weighted by Gasteiger charge is -2.13. The number of hydrogen-bond acceptors (Lipinski definition) is 3. The van der Waals surface area contributed by atoms with E-state index in [4.69, 9.17) is 5.73 Å². The molecule has 90 valence electrons. The van der Waals surface area contributed by atoms with Gasteiger partial charge in [0.25, 0.3) is 0 Å². The van der Waals surface area contributed by atoms with E-state index in [-0.39, 0.29) is 23.6 Å². The summed E-state index contributed by atoms with van der Waals surface area (Å²) in [4.78, 5) is 34.7. The third-order valence-electron chi connectivity index (χ3n) is 2.77. The first kappa shape index (κ1) is 12.7. The molecule has 1 aliphatic rings. The summed E-state index contributed by atoms with van der Waals surface area (Å²) in [6, 6.07) is 0. The summed E-state index contributed by atoms with van der Waals surface area (Å²) in [6.07, 6.45) is 2.99. The van der Waals surface area contributed by atoms with E-state index >= 15 is 0 Å². The number of rotatable bonds is 6. The Bertz CT molecular complexity index is 302. The third kappa shape index (κ3) is 3.32. The highest BCUT2D eigenvalue weighted by Crippen LogP contribution is 2.19. The van der Waals surface area contributed by atoms with Crippen molar-refractivity contribution in [2.75, 3.05) is 6.54 Å². The minimum Gasteiger partial charge on any atom is -0.370 e. The number of nitrogens with zero attached hydrogens (tertiary/aromatic N) is 1. The third-order valence-corrected chi connectivity index (χ3v) is 2.77. The van der Waals surface area contributed by atoms with Gasteiger partial charge in [0.05, 0.1) is 0 Å². The highest BCUT2D eigenvalue weighted by molar-refractivity contribution is 6.03. The molecule has 0 spiro atoms. The first-order valence-corrected chi connectivity index (χ1v) is 5.65. The maximum atomic E-state index is 11.5. The van der Waals surface area contributed by atoms with E-state index in [1.807, 2.05) is 0 Å². The van der Waals surface area contributed by atoms with E-state index in [0.29, 0.717) is 19.4 Å². The summed E-state index contributed by atoms with van der Waals surface area (Å²) in [5.74, 6) is -0.618. The van der Waals surface area contributed by atoms with Gasteiger partial charge in [0.2, 0.25) is 17.7 Å². The molecular weight excluding hydrogens is 208 g/mol. The Balaban J connectivity index is 2.20. The molecule has 2 N–H and O–H groups in total. The summed E-state index contributed by atoms with van der Waals surface area (Å²) < 4.78 is 0. The zero-order valence-electron chi connectivity index (χ0n) is 9.57. The first-order valence-electron chi connectivity index (χ1n) is 5.65. The number of amides is 3. The second kappa shape index (κ2) is 5.63. The van der Waals surface area contributed by atoms with E-state index in [2.05, 4.69) is 0 Å². The molecule has 3 amide bonds. The zero-order chi connectivity index (χ0) is 12.1. The van der Waals surface area contributed by atoms with Gasteiger partial charge in [-0.05, 0) is 12.8 Å². The van der Waals surface area contributed by atoms with E-state index in [1.54, 1.807) is 6.92 Å². The summed E-state index contributed by atoms with van der Waals surface area (Å²) in [7, 11) is 0. The molecule has 1 atom stereocenters. The lowest BCUT2D eigenvalue weighted by molar-refractivity contribution is -0.139. The Hall–Kier alpha value is -1.39. The molecule has 1 saturated heterocycles. The van der Waals surface area contributed by atoms with Crippen LogP contribution in [0.15, 0.2) is 0 Å². The average molecular weight is 226 g/mol. The SMILES string of the molecule is CC1CC(=O)N(CCCCCC(N)=O)C1=O. The maximum absolute atomic E-state index is 11.5. The van der Waals surface area contributed by atoms with Crippen LogP contribution >= 0.6 is 0 Å². The molecule has 1 rings (SSSR count). The Labute approximate surface area is 95.0 Å². The molecule has 0 saturated carbocycles. The molecule has 1 aliphatic heterocycles. The van der Waals surface area contributed by atoms with Crippen LogP contribution in [-0.4, -0.2) is 29.2 Å². The van der Waals surface area contributed by atoms with Crippen LogP contribution in [0.25, 0.3) is 0 Å². The van der Waals surface area contributed by atoms with Crippen LogP contribution in [-0.2, 0) is 14.4 Å². The largest absolute Gasteiger partial charge is 0.370 e. The van der Waals surface area contributed by atoms with Crippen molar-refractivity contribution in [3.63, 3.8) is 0 Å². The first-order chi connectivity index (χ1) is 7.52. The molecule has 1 heterocycles. The summed E-state index contributed by atoms with van der Waals surface area (Å²) >= 11 is 0. The van der Waals surface area contributed by atoms with Crippen LogP contribution in [0.3, 0.4) is 0 Å². The molecule has 0 aromatic heterocycles. The van der Waals surface area contributed by atoms with Gasteiger partial charge in [-0.15, -0.1) is 0 Å². The van der Waals surface area contributed by atoms with Crippen molar-refractivity contribution in [3.8, 4) is 0 Å². The van der Waals surface area contributed by atoms with Gasteiger partial charge in [-0.3, -0.25) is 19.3 Å². The van der Waals surface area contributed by atoms with E-state index in [1.165, 1.54) is 4.90 Å². The summed E-state index contributed by atoms with van der Waals surface area (Å²) in [6.45, 7) is 2.24. The standard InChI is InChI=1S/C11H18N2O3/c1-8-7-10(15)13(11(8)16)6-4-2-3-5-9(12)14/h8H,2-7H2,1H3,(H2,12,14). The molecule has 16 heavy (non-hydrogen) atoms. The van der Waals surface area contributed by atoms with Crippen LogP contribution in [0.2, 0.25) is 0 Å². The molecule has 5 heteroatoms. The fourth-order valence-corrected chi connectivity index (χ4v) is 1.83. The molecular formula is C11H18N2O3. The van der Waals surface area contributed by atoms with Crippen LogP contribution < -0.4 is 5.73 Å². The molecule has 0 aromatic rings. The smallest absolute Gasteiger partial charge is 0.232 e. The minimum atomic E-state index is -0.304. The van der Waals surface area contributed by atoms with Gasteiger partial charge in [0.15, 0.2) is 0 Å². The number of imide groups is 1. The lowest BCUT2D eigenvalue weighted by Crippen LogP contribution is -2.31. The number of likely N-dealkylation sites (tertiary alicyclic amines) is 1. The van der Waals surface area contributed by atoms with Crippen molar-refractivity contribution in [1.82, 2.24) is 4.90 Å². The highest BCUT2D eigenvalue weighted by atomic mass is 16.2. The molecule has 0 aliphatic carbocycles. The fourth-order valence-electron chi connectivity index (χ4n) is 1.83. The number of unbranched alkanes of at least 4 members (excludes halogenated alkanes) is 2. The summed E-state index contributed by atoms with van der Waals surface area (Å²) in [5, 5.41) is 0. The molecule has 0 aromatic carbocycles. The van der Waals surface area contributed by atoms with E-state index in [9.17, 15) is 14.4 Å². The van der Waals surface area contributed by atoms with Gasteiger partial charge in [-0.1, -0.05) is 13.3 Å². The van der Waals surface area contributed by atoms with Crippen molar-refractivity contribution in [2.45, 2.75) is 39.0 Å².